The van der Waals surface area contributed by atoms with Crippen LogP contribution in [-0.2, 0) is 16.6 Å². The number of hydrogen-bond donors (Lipinski definition) is 1. The van der Waals surface area contributed by atoms with Crippen LogP contribution in [0.2, 0.25) is 0 Å². The maximum atomic E-state index is 15.2. The molecule has 3 aliphatic rings. The fraction of sp³-hybridized carbons (Fsp3) is 0.480. The van der Waals surface area contributed by atoms with E-state index in [4.69, 9.17) is 0 Å². The van der Waals surface area contributed by atoms with E-state index in [-0.39, 0.29) is 35.2 Å². The van der Waals surface area contributed by atoms with Crippen molar-refractivity contribution in [1.82, 2.24) is 0 Å². The van der Waals surface area contributed by atoms with Crippen LogP contribution in [0.4, 0.5) is 24.5 Å². The maximum Gasteiger partial charge on any atom is 0.586 e. The summed E-state index contributed by atoms with van der Waals surface area (Å²) in [4.78, 5) is 26.0. The van der Waals surface area contributed by atoms with E-state index in [2.05, 4.69) is 40.7 Å². The van der Waals surface area contributed by atoms with E-state index in [1.54, 1.807) is 12.1 Å². The van der Waals surface area contributed by atoms with Gasteiger partial charge in [0.05, 0.1) is 17.6 Å². The number of fused-ring (bicyclic) bond motifs is 2. The van der Waals surface area contributed by atoms with Gasteiger partial charge in [0.2, 0.25) is 5.91 Å². The highest BCUT2D eigenvalue weighted by atomic mass is 19.3. The van der Waals surface area contributed by atoms with Crippen LogP contribution in [0, 0.1) is 16.1 Å². The van der Waals surface area contributed by atoms with Crippen molar-refractivity contribution in [2.24, 2.45) is 10.6 Å². The molecule has 0 spiro atoms. The molecule has 2 aliphatic heterocycles. The van der Waals surface area contributed by atoms with E-state index < -0.39 is 23.4 Å². The number of halogens is 3. The molecule has 1 aliphatic carbocycles. The van der Waals surface area contributed by atoms with Gasteiger partial charge in [0.1, 0.15) is 5.82 Å². The van der Waals surface area contributed by atoms with Gasteiger partial charge in [-0.25, -0.2) is 4.39 Å². The first-order valence-electron chi connectivity index (χ1n) is 11.5. The normalized spacial score (nSPS) is 21.0. The minimum absolute atomic E-state index is 0.0473. The third-order valence-electron chi connectivity index (χ3n) is 7.09. The molecule has 1 amide bonds. The lowest BCUT2D eigenvalue weighted by molar-refractivity contribution is -0.286. The van der Waals surface area contributed by atoms with Gasteiger partial charge in [0, 0.05) is 18.3 Å². The molecule has 5 rings (SSSR count). The van der Waals surface area contributed by atoms with Gasteiger partial charge in [-0.3, -0.25) is 4.79 Å². The zero-order chi connectivity index (χ0) is 25.2. The van der Waals surface area contributed by atoms with E-state index in [0.29, 0.717) is 37.1 Å². The Morgan fingerprint density at radius 1 is 1.17 bits per heavy atom. The quantitative estimate of drug-likeness (QED) is 0.553. The number of nitroso groups, excluding NO2 is 1. The smallest absolute Gasteiger partial charge is 0.395 e. The van der Waals surface area contributed by atoms with Crippen molar-refractivity contribution in [1.29, 1.82) is 0 Å². The minimum Gasteiger partial charge on any atom is -0.395 e. The summed E-state index contributed by atoms with van der Waals surface area (Å²) in [6, 6.07) is 7.38. The Morgan fingerprint density at radius 2 is 1.89 bits per heavy atom. The first kappa shape index (κ1) is 23.4. The second-order valence-electron chi connectivity index (χ2n) is 10.5. The summed E-state index contributed by atoms with van der Waals surface area (Å²) >= 11 is 0. The molecule has 1 saturated carbocycles. The summed E-state index contributed by atoms with van der Waals surface area (Å²) in [5, 5.41) is 5.68. The molecular formula is C25H26F3N3O4. The number of nitrogens with zero attached hydrogens (tertiary/aromatic N) is 2. The third-order valence-corrected chi connectivity index (χ3v) is 7.09. The van der Waals surface area contributed by atoms with Crippen LogP contribution in [0.1, 0.15) is 44.7 Å². The Balaban J connectivity index is 1.39. The molecule has 1 atom stereocenters. The molecular weight excluding hydrogens is 463 g/mol. The number of alkyl halides is 2. The predicted octanol–water partition coefficient (Wildman–Crippen LogP) is 5.36. The molecule has 7 nitrogen and oxygen atoms in total. The lowest BCUT2D eigenvalue weighted by atomic mass is 9.84. The van der Waals surface area contributed by atoms with Gasteiger partial charge < -0.3 is 19.7 Å². The van der Waals surface area contributed by atoms with E-state index >= 15 is 4.39 Å². The topological polar surface area (TPSA) is 80.2 Å². The summed E-state index contributed by atoms with van der Waals surface area (Å²) < 4.78 is 50.9. The molecule has 1 N–H and O–H groups in total. The van der Waals surface area contributed by atoms with Gasteiger partial charge in [-0.2, -0.15) is 4.91 Å². The van der Waals surface area contributed by atoms with E-state index in [0.717, 1.165) is 5.56 Å². The number of hydrogen-bond acceptors (Lipinski definition) is 6. The number of nitrogens with one attached hydrogen (secondary N) is 1. The molecule has 10 heteroatoms. The van der Waals surface area contributed by atoms with Crippen LogP contribution in [0.5, 0.6) is 11.5 Å². The number of carbonyl (C=O) groups is 1. The van der Waals surface area contributed by atoms with Crippen molar-refractivity contribution in [2.75, 3.05) is 23.3 Å². The fourth-order valence-corrected chi connectivity index (χ4v) is 5.08. The number of rotatable bonds is 6. The number of anilines is 2. The number of carbonyl (C=O) groups excluding carboxylic acids is 1. The second-order valence-corrected chi connectivity index (χ2v) is 10.5. The van der Waals surface area contributed by atoms with E-state index in [9.17, 15) is 18.5 Å². The van der Waals surface area contributed by atoms with E-state index in [1.807, 2.05) is 4.90 Å². The van der Waals surface area contributed by atoms with Crippen LogP contribution in [0.25, 0.3) is 0 Å². The molecule has 35 heavy (non-hydrogen) atoms. The Kier molecular flexibility index (Phi) is 5.26. The highest BCUT2D eigenvalue weighted by Gasteiger charge is 2.53. The summed E-state index contributed by atoms with van der Waals surface area (Å²) in [7, 11) is 0. The summed E-state index contributed by atoms with van der Waals surface area (Å²) in [6.07, 6.45) is -2.10. The standard InChI is InChI=1S/C25H26F3N3O4/c1-23(2,3)21-11-14-10-17(16(26)13-18(14)31(21)9-8-29-33)30-22(32)24(6-7-24)15-4-5-19-20(12-15)35-25(27,28)34-19/h4-5,10,12-13,21H,6-9,11H2,1-3H3,(H,30,32). The van der Waals surface area contributed by atoms with Gasteiger partial charge in [0.15, 0.2) is 11.5 Å². The number of benzene rings is 2. The van der Waals surface area contributed by atoms with Crippen LogP contribution < -0.4 is 19.7 Å². The van der Waals surface area contributed by atoms with Crippen molar-refractivity contribution in [3.63, 3.8) is 0 Å². The van der Waals surface area contributed by atoms with Crippen LogP contribution in [-0.4, -0.2) is 31.3 Å². The predicted molar refractivity (Wildman–Crippen MR) is 124 cm³/mol. The lowest BCUT2D eigenvalue weighted by Gasteiger charge is -2.36. The Labute approximate surface area is 200 Å². The van der Waals surface area contributed by atoms with Crippen molar-refractivity contribution in [3.8, 4) is 11.5 Å². The molecule has 2 aromatic carbocycles. The second kappa shape index (κ2) is 7.86. The van der Waals surface area contributed by atoms with Crippen molar-refractivity contribution < 1.29 is 27.4 Å². The Bertz CT molecular complexity index is 1210. The molecule has 0 bridgehead atoms. The lowest BCUT2D eigenvalue weighted by Crippen LogP contribution is -2.43. The van der Waals surface area contributed by atoms with Crippen LogP contribution >= 0.6 is 0 Å². The zero-order valence-electron chi connectivity index (χ0n) is 19.7. The number of amides is 1. The first-order chi connectivity index (χ1) is 16.4. The maximum absolute atomic E-state index is 15.2. The van der Waals surface area contributed by atoms with Crippen molar-refractivity contribution in [2.45, 2.75) is 57.8 Å². The SMILES string of the molecule is CC(C)(C)C1Cc2cc(NC(=O)C3(c4ccc5c(c4)OC(F)(F)O5)CC3)c(F)cc2N1CCN=O. The average molecular weight is 489 g/mol. The summed E-state index contributed by atoms with van der Waals surface area (Å²) in [5.41, 5.74) is 1.07. The molecule has 186 valence electrons. The first-order valence-corrected chi connectivity index (χ1v) is 11.5. The molecule has 2 aromatic rings. The fourth-order valence-electron chi connectivity index (χ4n) is 5.08. The third kappa shape index (κ3) is 4.08. The zero-order valence-corrected chi connectivity index (χ0v) is 19.7. The van der Waals surface area contributed by atoms with Gasteiger partial charge >= 0.3 is 6.29 Å². The monoisotopic (exact) mass is 489 g/mol. The molecule has 0 aromatic heterocycles. The largest absolute Gasteiger partial charge is 0.586 e. The molecule has 0 radical (unpaired) electrons. The molecule has 1 unspecified atom stereocenters. The van der Waals surface area contributed by atoms with Crippen LogP contribution in [0.3, 0.4) is 0 Å². The van der Waals surface area contributed by atoms with E-state index in [1.165, 1.54) is 18.2 Å². The van der Waals surface area contributed by atoms with Crippen molar-refractivity contribution in [3.05, 3.63) is 52.2 Å². The van der Waals surface area contributed by atoms with Gasteiger partial charge in [0.25, 0.3) is 0 Å². The average Bonchev–Trinajstić information content (AvgIpc) is 3.41. The summed E-state index contributed by atoms with van der Waals surface area (Å²) in [5.74, 6) is -1.22. The highest BCUT2D eigenvalue weighted by Crippen LogP contribution is 2.52. The minimum atomic E-state index is -3.74. The highest BCUT2D eigenvalue weighted by molar-refractivity contribution is 6.01. The Hall–Kier alpha value is -3.30. The molecule has 1 fully saturated rings. The Morgan fingerprint density at radius 3 is 2.54 bits per heavy atom. The molecule has 2 heterocycles. The van der Waals surface area contributed by atoms with Crippen molar-refractivity contribution >= 4 is 17.3 Å². The summed E-state index contributed by atoms with van der Waals surface area (Å²) in [6.45, 7) is 6.73. The number of ether oxygens (including phenoxy) is 2. The van der Waals surface area contributed by atoms with Crippen LogP contribution in [0.15, 0.2) is 35.5 Å². The van der Waals surface area contributed by atoms with Gasteiger partial charge in [-0.15, -0.1) is 8.78 Å². The van der Waals surface area contributed by atoms with Gasteiger partial charge in [-0.1, -0.05) is 32.0 Å². The molecule has 0 saturated heterocycles. The van der Waals surface area contributed by atoms with Gasteiger partial charge in [-0.05, 0) is 60.1 Å².